The van der Waals surface area contributed by atoms with Gasteiger partial charge in [0.05, 0.1) is 22.3 Å². The van der Waals surface area contributed by atoms with Crippen LogP contribution in [0.5, 0.6) is 0 Å². The Morgan fingerprint density at radius 3 is 2.60 bits per heavy atom. The average molecular weight is 286 g/mol. The molecule has 2 rings (SSSR count). The topological polar surface area (TPSA) is 53.0 Å². The highest BCUT2D eigenvalue weighted by atomic mass is 35.5. The van der Waals surface area contributed by atoms with Crippen LogP contribution < -0.4 is 10.6 Å². The number of nitrogens with two attached hydrogens (primary N) is 1. The zero-order chi connectivity index (χ0) is 14.7. The quantitative estimate of drug-likeness (QED) is 0.927. The van der Waals surface area contributed by atoms with E-state index in [0.717, 1.165) is 16.9 Å². The van der Waals surface area contributed by atoms with Crippen LogP contribution in [-0.4, -0.2) is 7.05 Å². The number of nitriles is 1. The number of anilines is 2. The summed E-state index contributed by atoms with van der Waals surface area (Å²) in [6.45, 7) is 1.92. The molecule has 0 radical (unpaired) electrons. The molecule has 4 heteroatoms. The van der Waals surface area contributed by atoms with Gasteiger partial charge in [0.2, 0.25) is 0 Å². The molecular formula is C16H16ClN3. The van der Waals surface area contributed by atoms with Gasteiger partial charge in [0, 0.05) is 18.8 Å². The van der Waals surface area contributed by atoms with Crippen LogP contribution in [0.4, 0.5) is 11.4 Å². The number of nitrogens with zero attached hydrogens (tertiary/aromatic N) is 2. The van der Waals surface area contributed by atoms with Gasteiger partial charge in [0.15, 0.2) is 0 Å². The van der Waals surface area contributed by atoms with E-state index in [1.54, 1.807) is 6.07 Å². The van der Waals surface area contributed by atoms with E-state index in [-0.39, 0.29) is 6.04 Å². The summed E-state index contributed by atoms with van der Waals surface area (Å²) in [5.74, 6) is 0. The van der Waals surface area contributed by atoms with Crippen molar-refractivity contribution in [3.05, 3.63) is 58.6 Å². The highest BCUT2D eigenvalue weighted by Gasteiger charge is 2.10. The molecule has 102 valence electrons. The van der Waals surface area contributed by atoms with Crippen molar-refractivity contribution in [1.82, 2.24) is 0 Å². The van der Waals surface area contributed by atoms with Crippen LogP contribution in [0.15, 0.2) is 42.5 Å². The fraction of sp³-hybridized carbons (Fsp3) is 0.188. The summed E-state index contributed by atoms with van der Waals surface area (Å²) < 4.78 is 0. The number of halogens is 1. The minimum absolute atomic E-state index is 0.0474. The smallest absolute Gasteiger partial charge is 0.0992 e. The Morgan fingerprint density at radius 1 is 1.25 bits per heavy atom. The monoisotopic (exact) mass is 285 g/mol. The molecule has 20 heavy (non-hydrogen) atoms. The Balaban J connectivity index is 2.38. The number of rotatable bonds is 3. The predicted octanol–water partition coefficient (Wildman–Crippen LogP) is 4.00. The highest BCUT2D eigenvalue weighted by molar-refractivity contribution is 6.33. The van der Waals surface area contributed by atoms with E-state index < -0.39 is 0 Å². The van der Waals surface area contributed by atoms with Crippen LogP contribution in [0.3, 0.4) is 0 Å². The first-order chi connectivity index (χ1) is 9.52. The maximum absolute atomic E-state index is 8.96. The second-order valence-electron chi connectivity index (χ2n) is 4.72. The third-order valence-corrected chi connectivity index (χ3v) is 3.52. The van der Waals surface area contributed by atoms with Crippen molar-refractivity contribution in [1.29, 1.82) is 5.26 Å². The van der Waals surface area contributed by atoms with E-state index in [4.69, 9.17) is 22.6 Å². The van der Waals surface area contributed by atoms with Crippen LogP contribution >= 0.6 is 11.6 Å². The van der Waals surface area contributed by atoms with E-state index in [1.165, 1.54) is 0 Å². The normalized spacial score (nSPS) is 11.8. The Hall–Kier alpha value is -2.02. The lowest BCUT2D eigenvalue weighted by atomic mass is 10.1. The van der Waals surface area contributed by atoms with Gasteiger partial charge in [-0.1, -0.05) is 23.7 Å². The zero-order valence-corrected chi connectivity index (χ0v) is 12.2. The summed E-state index contributed by atoms with van der Waals surface area (Å²) in [6, 6.07) is 15.3. The highest BCUT2D eigenvalue weighted by Crippen LogP contribution is 2.32. The lowest BCUT2D eigenvalue weighted by Crippen LogP contribution is -2.11. The first-order valence-electron chi connectivity index (χ1n) is 6.32. The van der Waals surface area contributed by atoms with Gasteiger partial charge in [-0.3, -0.25) is 0 Å². The fourth-order valence-corrected chi connectivity index (χ4v) is 2.32. The van der Waals surface area contributed by atoms with E-state index in [2.05, 4.69) is 6.07 Å². The van der Waals surface area contributed by atoms with Crippen molar-refractivity contribution in [3.63, 3.8) is 0 Å². The summed E-state index contributed by atoms with van der Waals surface area (Å²) in [5, 5.41) is 9.60. The standard InChI is InChI=1S/C16H16ClN3/c1-11(19)13-6-7-16(15(17)9-13)20(2)14-5-3-4-12(8-14)10-18/h3-9,11H,19H2,1-2H3. The van der Waals surface area contributed by atoms with E-state index in [1.807, 2.05) is 55.3 Å². The second-order valence-corrected chi connectivity index (χ2v) is 5.13. The van der Waals surface area contributed by atoms with E-state index in [9.17, 15) is 0 Å². The molecule has 0 aliphatic carbocycles. The summed E-state index contributed by atoms with van der Waals surface area (Å²) in [6.07, 6.45) is 0. The number of hydrogen-bond acceptors (Lipinski definition) is 3. The Kier molecular flexibility index (Phi) is 4.29. The van der Waals surface area contributed by atoms with Gasteiger partial charge >= 0.3 is 0 Å². The number of benzene rings is 2. The maximum atomic E-state index is 8.96. The average Bonchev–Trinajstić information content (AvgIpc) is 2.46. The molecule has 2 N–H and O–H groups in total. The van der Waals surface area contributed by atoms with Crippen molar-refractivity contribution in [2.75, 3.05) is 11.9 Å². The summed E-state index contributed by atoms with van der Waals surface area (Å²) in [5.41, 5.74) is 9.27. The molecule has 0 bridgehead atoms. The predicted molar refractivity (Wildman–Crippen MR) is 83.3 cm³/mol. The van der Waals surface area contributed by atoms with Crippen LogP contribution in [-0.2, 0) is 0 Å². The lowest BCUT2D eigenvalue weighted by molar-refractivity contribution is 0.818. The van der Waals surface area contributed by atoms with Gasteiger partial charge in [-0.25, -0.2) is 0 Å². The minimum atomic E-state index is -0.0474. The van der Waals surface area contributed by atoms with Gasteiger partial charge < -0.3 is 10.6 Å². The van der Waals surface area contributed by atoms with Gasteiger partial charge in [0.1, 0.15) is 0 Å². The SMILES string of the molecule is CC(N)c1ccc(N(C)c2cccc(C#N)c2)c(Cl)c1. The molecule has 0 aliphatic rings. The molecule has 2 aromatic carbocycles. The second kappa shape index (κ2) is 5.96. The Labute approximate surface area is 124 Å². The first kappa shape index (κ1) is 14.4. The van der Waals surface area contributed by atoms with Crippen LogP contribution in [0.1, 0.15) is 24.1 Å². The van der Waals surface area contributed by atoms with E-state index >= 15 is 0 Å². The molecule has 0 amide bonds. The summed E-state index contributed by atoms with van der Waals surface area (Å²) >= 11 is 6.33. The summed E-state index contributed by atoms with van der Waals surface area (Å²) in [4.78, 5) is 1.95. The largest absolute Gasteiger partial charge is 0.343 e. The molecule has 3 nitrogen and oxygen atoms in total. The molecule has 0 aromatic heterocycles. The third kappa shape index (κ3) is 2.93. The van der Waals surface area contributed by atoms with Crippen LogP contribution in [0, 0.1) is 11.3 Å². The molecule has 1 unspecified atom stereocenters. The number of hydrogen-bond donors (Lipinski definition) is 1. The molecule has 1 atom stereocenters. The lowest BCUT2D eigenvalue weighted by Gasteiger charge is -2.22. The van der Waals surface area contributed by atoms with Crippen LogP contribution in [0.25, 0.3) is 0 Å². The van der Waals surface area contributed by atoms with Gasteiger partial charge in [-0.05, 0) is 42.8 Å². The van der Waals surface area contributed by atoms with Gasteiger partial charge in [-0.2, -0.15) is 5.26 Å². The van der Waals surface area contributed by atoms with Crippen molar-refractivity contribution in [2.24, 2.45) is 5.73 Å². The molecule has 0 aliphatic heterocycles. The molecule has 0 spiro atoms. The van der Waals surface area contributed by atoms with Crippen molar-refractivity contribution in [3.8, 4) is 6.07 Å². The molecule has 0 saturated heterocycles. The van der Waals surface area contributed by atoms with Crippen molar-refractivity contribution >= 4 is 23.0 Å². The minimum Gasteiger partial charge on any atom is -0.343 e. The van der Waals surface area contributed by atoms with Gasteiger partial charge in [-0.15, -0.1) is 0 Å². The van der Waals surface area contributed by atoms with Crippen molar-refractivity contribution in [2.45, 2.75) is 13.0 Å². The summed E-state index contributed by atoms with van der Waals surface area (Å²) in [7, 11) is 1.92. The molecule has 0 saturated carbocycles. The van der Waals surface area contributed by atoms with Crippen LogP contribution in [0.2, 0.25) is 5.02 Å². The molecular weight excluding hydrogens is 270 g/mol. The fourth-order valence-electron chi connectivity index (χ4n) is 2.00. The maximum Gasteiger partial charge on any atom is 0.0992 e. The third-order valence-electron chi connectivity index (χ3n) is 3.22. The zero-order valence-electron chi connectivity index (χ0n) is 11.5. The van der Waals surface area contributed by atoms with Crippen molar-refractivity contribution < 1.29 is 0 Å². The Morgan fingerprint density at radius 2 is 2.00 bits per heavy atom. The first-order valence-corrected chi connectivity index (χ1v) is 6.69. The van der Waals surface area contributed by atoms with E-state index in [0.29, 0.717) is 10.6 Å². The molecule has 2 aromatic rings. The van der Waals surface area contributed by atoms with Gasteiger partial charge in [0.25, 0.3) is 0 Å². The molecule has 0 fully saturated rings. The Bertz CT molecular complexity index is 659. The molecule has 0 heterocycles.